The number of hydrogen-bond donors (Lipinski definition) is 2. The maximum Gasteiger partial charge on any atom is 0.251 e. The van der Waals surface area contributed by atoms with Crippen LogP contribution in [0.1, 0.15) is 22.8 Å². The number of nitrogens with two attached hydrogens (primary N) is 1. The van der Waals surface area contributed by atoms with Crippen LogP contribution in [-0.4, -0.2) is 27.4 Å². The molecule has 0 saturated carbocycles. The second-order valence-electron chi connectivity index (χ2n) is 5.82. The van der Waals surface area contributed by atoms with E-state index in [0.717, 1.165) is 5.56 Å². The third kappa shape index (κ3) is 4.91. The minimum atomic E-state index is -3.43. The molecule has 0 radical (unpaired) electrons. The van der Waals surface area contributed by atoms with Gasteiger partial charge in [0.15, 0.2) is 9.84 Å². The van der Waals surface area contributed by atoms with Gasteiger partial charge in [-0.1, -0.05) is 37.3 Å². The largest absolute Gasteiger partial charge is 0.352 e. The van der Waals surface area contributed by atoms with Gasteiger partial charge >= 0.3 is 0 Å². The highest BCUT2D eigenvalue weighted by atomic mass is 32.2. The summed E-state index contributed by atoms with van der Waals surface area (Å²) in [5, 5.41) is 2.78. The number of hydrogen-bond acceptors (Lipinski definition) is 4. The Morgan fingerprint density at radius 2 is 1.71 bits per heavy atom. The van der Waals surface area contributed by atoms with Gasteiger partial charge in [0.05, 0.1) is 10.6 Å². The fourth-order valence-corrected chi connectivity index (χ4v) is 3.49. The Labute approximate surface area is 142 Å². The molecule has 2 rings (SSSR count). The average Bonchev–Trinajstić information content (AvgIpc) is 2.60. The van der Waals surface area contributed by atoms with E-state index in [-0.39, 0.29) is 22.5 Å². The lowest BCUT2D eigenvalue weighted by molar-refractivity contribution is 0.0948. The Kier molecular flexibility index (Phi) is 6.11. The van der Waals surface area contributed by atoms with Crippen LogP contribution in [0.2, 0.25) is 0 Å². The molecule has 0 spiro atoms. The number of benzene rings is 2. The van der Waals surface area contributed by atoms with Crippen LogP contribution in [-0.2, 0) is 15.6 Å². The first-order valence-electron chi connectivity index (χ1n) is 7.77. The van der Waals surface area contributed by atoms with E-state index in [9.17, 15) is 13.2 Å². The van der Waals surface area contributed by atoms with Crippen LogP contribution in [0.25, 0.3) is 0 Å². The number of carbonyl (C=O) groups excluding carboxylic acids is 1. The van der Waals surface area contributed by atoms with Crippen molar-refractivity contribution < 1.29 is 13.2 Å². The van der Waals surface area contributed by atoms with Crippen LogP contribution in [0, 0.1) is 5.92 Å². The molecular formula is C18H22N2O3S. The Bertz CT molecular complexity index is 772. The second-order valence-corrected chi connectivity index (χ2v) is 7.81. The molecule has 6 heteroatoms. The molecule has 0 heterocycles. The number of carbonyl (C=O) groups is 1. The zero-order valence-electron chi connectivity index (χ0n) is 13.6. The SMILES string of the molecule is CC(CN)CNC(=O)c1ccc(S(=O)(=O)Cc2ccccc2)cc1. The molecule has 24 heavy (non-hydrogen) atoms. The van der Waals surface area contributed by atoms with Crippen molar-refractivity contribution in [1.29, 1.82) is 0 Å². The van der Waals surface area contributed by atoms with Crippen molar-refractivity contribution in [3.8, 4) is 0 Å². The summed E-state index contributed by atoms with van der Waals surface area (Å²) in [4.78, 5) is 12.2. The first-order chi connectivity index (χ1) is 11.4. The van der Waals surface area contributed by atoms with E-state index in [1.807, 2.05) is 13.0 Å². The van der Waals surface area contributed by atoms with Crippen LogP contribution in [0.15, 0.2) is 59.5 Å². The number of amides is 1. The Hall–Kier alpha value is -2.18. The Balaban J connectivity index is 2.07. The van der Waals surface area contributed by atoms with E-state index in [1.54, 1.807) is 24.3 Å². The Morgan fingerprint density at radius 1 is 1.08 bits per heavy atom. The predicted molar refractivity (Wildman–Crippen MR) is 94.3 cm³/mol. The summed E-state index contributed by atoms with van der Waals surface area (Å²) in [7, 11) is -3.43. The molecule has 2 aromatic rings. The zero-order valence-corrected chi connectivity index (χ0v) is 14.4. The lowest BCUT2D eigenvalue weighted by Gasteiger charge is -2.10. The molecule has 0 aliphatic carbocycles. The van der Waals surface area contributed by atoms with Crippen molar-refractivity contribution >= 4 is 15.7 Å². The van der Waals surface area contributed by atoms with Crippen molar-refractivity contribution in [2.24, 2.45) is 11.7 Å². The van der Waals surface area contributed by atoms with Gasteiger partial charge in [-0.3, -0.25) is 4.79 Å². The summed E-state index contributed by atoms with van der Waals surface area (Å²) in [6, 6.07) is 15.0. The predicted octanol–water partition coefficient (Wildman–Crippen LogP) is 1.99. The van der Waals surface area contributed by atoms with Gasteiger partial charge in [-0.25, -0.2) is 8.42 Å². The highest BCUT2D eigenvalue weighted by Gasteiger charge is 2.16. The van der Waals surface area contributed by atoms with Crippen LogP contribution in [0.4, 0.5) is 0 Å². The van der Waals surface area contributed by atoms with Gasteiger partial charge in [-0.15, -0.1) is 0 Å². The molecule has 0 aromatic heterocycles. The lowest BCUT2D eigenvalue weighted by atomic mass is 10.1. The van der Waals surface area contributed by atoms with Gasteiger partial charge in [0.2, 0.25) is 0 Å². The lowest BCUT2D eigenvalue weighted by Crippen LogP contribution is -2.31. The molecular weight excluding hydrogens is 324 g/mol. The van der Waals surface area contributed by atoms with Crippen molar-refractivity contribution in [1.82, 2.24) is 5.32 Å². The molecule has 1 amide bonds. The molecule has 1 unspecified atom stereocenters. The standard InChI is InChI=1S/C18H22N2O3S/c1-14(11-19)12-20-18(21)16-7-9-17(10-8-16)24(22,23)13-15-5-3-2-4-6-15/h2-10,14H,11-13,19H2,1H3,(H,20,21). The monoisotopic (exact) mass is 346 g/mol. The third-order valence-corrected chi connectivity index (χ3v) is 5.39. The van der Waals surface area contributed by atoms with Crippen molar-refractivity contribution in [2.45, 2.75) is 17.6 Å². The molecule has 128 valence electrons. The maximum atomic E-state index is 12.4. The molecule has 0 saturated heterocycles. The normalized spacial score (nSPS) is 12.6. The molecule has 0 bridgehead atoms. The van der Waals surface area contributed by atoms with Crippen LogP contribution in [0.5, 0.6) is 0 Å². The average molecular weight is 346 g/mol. The van der Waals surface area contributed by atoms with Gasteiger partial charge in [0, 0.05) is 12.1 Å². The summed E-state index contributed by atoms with van der Waals surface area (Å²) >= 11 is 0. The van der Waals surface area contributed by atoms with Gasteiger partial charge in [0.25, 0.3) is 5.91 Å². The molecule has 5 nitrogen and oxygen atoms in total. The molecule has 0 aliphatic heterocycles. The smallest absolute Gasteiger partial charge is 0.251 e. The van der Waals surface area contributed by atoms with Gasteiger partial charge in [-0.05, 0) is 42.3 Å². The summed E-state index contributed by atoms with van der Waals surface area (Å²) in [6.45, 7) is 2.93. The fourth-order valence-electron chi connectivity index (χ4n) is 2.14. The van der Waals surface area contributed by atoms with Crippen LogP contribution < -0.4 is 11.1 Å². The summed E-state index contributed by atoms with van der Waals surface area (Å²) in [5.41, 5.74) is 6.67. The number of rotatable bonds is 7. The van der Waals surface area contributed by atoms with Crippen LogP contribution in [0.3, 0.4) is 0 Å². The van der Waals surface area contributed by atoms with Gasteiger partial charge < -0.3 is 11.1 Å². The highest BCUT2D eigenvalue weighted by Crippen LogP contribution is 2.17. The van der Waals surface area contributed by atoms with E-state index in [4.69, 9.17) is 5.73 Å². The zero-order chi connectivity index (χ0) is 17.6. The Morgan fingerprint density at radius 3 is 2.29 bits per heavy atom. The minimum absolute atomic E-state index is 0.0621. The number of nitrogens with one attached hydrogen (secondary N) is 1. The van der Waals surface area contributed by atoms with Gasteiger partial charge in [-0.2, -0.15) is 0 Å². The molecule has 3 N–H and O–H groups in total. The third-order valence-electron chi connectivity index (χ3n) is 3.69. The van der Waals surface area contributed by atoms with Crippen LogP contribution >= 0.6 is 0 Å². The topological polar surface area (TPSA) is 89.3 Å². The van der Waals surface area contributed by atoms with Crippen molar-refractivity contribution in [3.05, 3.63) is 65.7 Å². The molecule has 2 aromatic carbocycles. The first kappa shape index (κ1) is 18.2. The van der Waals surface area contributed by atoms with Crippen molar-refractivity contribution in [2.75, 3.05) is 13.1 Å². The molecule has 0 fully saturated rings. The van der Waals surface area contributed by atoms with E-state index in [1.165, 1.54) is 24.3 Å². The first-order valence-corrected chi connectivity index (χ1v) is 9.42. The van der Waals surface area contributed by atoms with E-state index in [0.29, 0.717) is 18.7 Å². The minimum Gasteiger partial charge on any atom is -0.352 e. The number of sulfone groups is 1. The maximum absolute atomic E-state index is 12.4. The van der Waals surface area contributed by atoms with E-state index < -0.39 is 9.84 Å². The highest BCUT2D eigenvalue weighted by molar-refractivity contribution is 7.90. The summed E-state index contributed by atoms with van der Waals surface area (Å²) in [6.07, 6.45) is 0. The fraction of sp³-hybridized carbons (Fsp3) is 0.278. The molecule has 0 aliphatic rings. The molecule has 1 atom stereocenters. The van der Waals surface area contributed by atoms with E-state index >= 15 is 0 Å². The quantitative estimate of drug-likeness (QED) is 0.802. The second kappa shape index (κ2) is 8.08. The van der Waals surface area contributed by atoms with Crippen molar-refractivity contribution in [3.63, 3.8) is 0 Å². The summed E-state index contributed by atoms with van der Waals surface area (Å²) < 4.78 is 24.8. The van der Waals surface area contributed by atoms with E-state index in [2.05, 4.69) is 5.32 Å². The summed E-state index contributed by atoms with van der Waals surface area (Å²) in [5.74, 6) is -0.102. The van der Waals surface area contributed by atoms with Gasteiger partial charge in [0.1, 0.15) is 0 Å².